The average Bonchev–Trinajstić information content (AvgIpc) is 3.30. The third-order valence-corrected chi connectivity index (χ3v) is 6.24. The Labute approximate surface area is 232 Å². The van der Waals surface area contributed by atoms with Gasteiger partial charge in [0.1, 0.15) is 18.0 Å². The molecule has 0 aliphatic carbocycles. The lowest BCUT2D eigenvalue weighted by Crippen LogP contribution is -2.51. The third-order valence-electron chi connectivity index (χ3n) is 5.50. The molecule has 1 amide bonds. The van der Waals surface area contributed by atoms with Gasteiger partial charge in [0.15, 0.2) is 5.54 Å². The fourth-order valence-corrected chi connectivity index (χ4v) is 3.92. The van der Waals surface area contributed by atoms with E-state index in [0.717, 1.165) is 5.56 Å². The van der Waals surface area contributed by atoms with Crippen molar-refractivity contribution in [3.8, 4) is 5.75 Å². The van der Waals surface area contributed by atoms with Crippen LogP contribution in [0.5, 0.6) is 5.75 Å². The Hall–Kier alpha value is -2.85. The first kappa shape index (κ1) is 29.7. The van der Waals surface area contributed by atoms with Crippen molar-refractivity contribution in [2.24, 2.45) is 4.99 Å². The number of ether oxygens (including phenoxy) is 3. The van der Waals surface area contributed by atoms with Crippen molar-refractivity contribution in [2.45, 2.75) is 57.7 Å². The van der Waals surface area contributed by atoms with Crippen LogP contribution in [0, 0.1) is 0 Å². The molecule has 3 N–H and O–H groups in total. The molecular formula is C27H33Cl2N3O6. The molecule has 0 saturated carbocycles. The molecule has 0 fully saturated rings. The van der Waals surface area contributed by atoms with Crippen LogP contribution in [0.4, 0.5) is 0 Å². The molecule has 0 aromatic heterocycles. The Bertz CT molecular complexity index is 1150. The number of nitrogens with zero attached hydrogens (tertiary/aromatic N) is 1. The zero-order chi connectivity index (χ0) is 27.8. The molecule has 3 rings (SSSR count). The summed E-state index contributed by atoms with van der Waals surface area (Å²) in [6, 6.07) is 12.2. The van der Waals surface area contributed by atoms with E-state index in [-0.39, 0.29) is 32.0 Å². The van der Waals surface area contributed by atoms with Gasteiger partial charge in [-0.3, -0.25) is 15.0 Å². The van der Waals surface area contributed by atoms with E-state index in [1.54, 1.807) is 63.2 Å². The number of carbonyl (C=O) groups is 2. The van der Waals surface area contributed by atoms with Crippen LogP contribution in [0.15, 0.2) is 47.5 Å². The fraction of sp³-hybridized carbons (Fsp3) is 0.444. The number of amides is 1. The molecule has 0 bridgehead atoms. The second-order valence-electron chi connectivity index (χ2n) is 9.83. The van der Waals surface area contributed by atoms with Crippen molar-refractivity contribution in [1.82, 2.24) is 10.9 Å². The number of rotatable bonds is 12. The standard InChI is InChI=1S/C27H33Cl2N3O6/c1-26(2,3)38-23(34)11-12-27(25(35)32-30-16-18-5-10-21(28)22(29)15-18)17-37-24(31-27)19-6-8-20(9-7-19)36-14-4-13-33/h5-10,15,30,33H,4,11-14,16-17H2,1-3H3,(H,32,35)/t27-/m0/s1. The second-order valence-corrected chi connectivity index (χ2v) is 10.6. The number of hydrazine groups is 1. The first-order valence-corrected chi connectivity index (χ1v) is 13.0. The minimum absolute atomic E-state index is 0.0186. The van der Waals surface area contributed by atoms with E-state index in [9.17, 15) is 9.59 Å². The predicted octanol–water partition coefficient (Wildman–Crippen LogP) is 4.21. The lowest BCUT2D eigenvalue weighted by atomic mass is 9.94. The van der Waals surface area contributed by atoms with Crippen molar-refractivity contribution < 1.29 is 28.9 Å². The highest BCUT2D eigenvalue weighted by Crippen LogP contribution is 2.29. The van der Waals surface area contributed by atoms with E-state index in [1.165, 1.54) is 0 Å². The van der Waals surface area contributed by atoms with Gasteiger partial charge >= 0.3 is 5.97 Å². The predicted molar refractivity (Wildman–Crippen MR) is 145 cm³/mol. The number of benzene rings is 2. The molecule has 1 heterocycles. The topological polar surface area (TPSA) is 118 Å². The Morgan fingerprint density at radius 3 is 2.53 bits per heavy atom. The first-order valence-electron chi connectivity index (χ1n) is 12.3. The molecule has 0 spiro atoms. The maximum absolute atomic E-state index is 13.4. The lowest BCUT2D eigenvalue weighted by Gasteiger charge is -2.24. The summed E-state index contributed by atoms with van der Waals surface area (Å²) in [7, 11) is 0. The molecule has 206 valence electrons. The van der Waals surface area contributed by atoms with Gasteiger partial charge < -0.3 is 19.3 Å². The molecule has 0 radical (unpaired) electrons. The van der Waals surface area contributed by atoms with Crippen LogP contribution in [0.2, 0.25) is 10.0 Å². The summed E-state index contributed by atoms with van der Waals surface area (Å²) in [5.41, 5.74) is 5.06. The molecule has 38 heavy (non-hydrogen) atoms. The molecule has 1 atom stereocenters. The second kappa shape index (κ2) is 13.3. The van der Waals surface area contributed by atoms with E-state index in [2.05, 4.69) is 15.8 Å². The summed E-state index contributed by atoms with van der Waals surface area (Å²) in [6.45, 7) is 6.06. The summed E-state index contributed by atoms with van der Waals surface area (Å²) in [4.78, 5) is 30.4. The fourth-order valence-electron chi connectivity index (χ4n) is 3.59. The highest BCUT2D eigenvalue weighted by atomic mass is 35.5. The Kier molecular flexibility index (Phi) is 10.4. The summed E-state index contributed by atoms with van der Waals surface area (Å²) in [5.74, 6) is 0.0542. The van der Waals surface area contributed by atoms with Gasteiger partial charge in [0.25, 0.3) is 5.91 Å². The van der Waals surface area contributed by atoms with Crippen molar-refractivity contribution in [3.63, 3.8) is 0 Å². The third kappa shape index (κ3) is 8.59. The van der Waals surface area contributed by atoms with Gasteiger partial charge in [-0.2, -0.15) is 0 Å². The minimum Gasteiger partial charge on any atom is -0.494 e. The molecule has 1 aliphatic heterocycles. The number of aliphatic imine (C=N–C) groups is 1. The van der Waals surface area contributed by atoms with Crippen LogP contribution >= 0.6 is 23.2 Å². The molecule has 2 aromatic rings. The maximum Gasteiger partial charge on any atom is 0.306 e. The van der Waals surface area contributed by atoms with Crippen LogP contribution in [0.3, 0.4) is 0 Å². The monoisotopic (exact) mass is 565 g/mol. The van der Waals surface area contributed by atoms with Gasteiger partial charge in [-0.15, -0.1) is 0 Å². The summed E-state index contributed by atoms with van der Waals surface area (Å²) in [6.07, 6.45) is 0.606. The van der Waals surface area contributed by atoms with Crippen LogP contribution in [0.1, 0.15) is 51.2 Å². The first-order chi connectivity index (χ1) is 18.0. The maximum atomic E-state index is 13.4. The Morgan fingerprint density at radius 1 is 1.13 bits per heavy atom. The number of hydrogen-bond donors (Lipinski definition) is 3. The molecule has 0 unspecified atom stereocenters. The SMILES string of the molecule is CC(C)(C)OC(=O)CC[C@@]1(C(=O)NNCc2ccc(Cl)c(Cl)c2)COC(c2ccc(OCCCO)cc2)=N1. The van der Waals surface area contributed by atoms with E-state index >= 15 is 0 Å². The summed E-state index contributed by atoms with van der Waals surface area (Å²) in [5, 5.41) is 9.76. The number of hydrogen-bond acceptors (Lipinski definition) is 8. The zero-order valence-corrected chi connectivity index (χ0v) is 23.2. The minimum atomic E-state index is -1.34. The normalized spacial score (nSPS) is 16.9. The Morgan fingerprint density at radius 2 is 1.87 bits per heavy atom. The van der Waals surface area contributed by atoms with E-state index < -0.39 is 23.0 Å². The van der Waals surface area contributed by atoms with Gasteiger partial charge in [-0.25, -0.2) is 10.4 Å². The smallest absolute Gasteiger partial charge is 0.306 e. The van der Waals surface area contributed by atoms with Gasteiger partial charge in [-0.05, 0) is 69.2 Å². The van der Waals surface area contributed by atoms with Crippen molar-refractivity contribution in [1.29, 1.82) is 0 Å². The van der Waals surface area contributed by atoms with Crippen molar-refractivity contribution in [3.05, 3.63) is 63.6 Å². The van der Waals surface area contributed by atoms with Gasteiger partial charge in [0.05, 0.1) is 16.7 Å². The molecular weight excluding hydrogens is 533 g/mol. The summed E-state index contributed by atoms with van der Waals surface area (Å²) < 4.78 is 16.8. The zero-order valence-electron chi connectivity index (χ0n) is 21.7. The van der Waals surface area contributed by atoms with E-state index in [1.807, 2.05) is 0 Å². The number of aliphatic hydroxyl groups is 1. The highest BCUT2D eigenvalue weighted by Gasteiger charge is 2.45. The van der Waals surface area contributed by atoms with Crippen LogP contribution in [0.25, 0.3) is 0 Å². The number of nitrogens with one attached hydrogen (secondary N) is 2. The van der Waals surface area contributed by atoms with Crippen molar-refractivity contribution >= 4 is 41.0 Å². The molecule has 0 saturated heterocycles. The molecule has 1 aliphatic rings. The van der Waals surface area contributed by atoms with Crippen molar-refractivity contribution in [2.75, 3.05) is 19.8 Å². The van der Waals surface area contributed by atoms with Crippen LogP contribution in [-0.4, -0.2) is 53.8 Å². The lowest BCUT2D eigenvalue weighted by molar-refractivity contribution is -0.155. The number of esters is 1. The quantitative estimate of drug-likeness (QED) is 0.200. The van der Waals surface area contributed by atoms with E-state index in [0.29, 0.717) is 40.9 Å². The largest absolute Gasteiger partial charge is 0.494 e. The number of halogens is 2. The number of carbonyl (C=O) groups excluding carboxylic acids is 2. The van der Waals surface area contributed by atoms with E-state index in [4.69, 9.17) is 42.5 Å². The number of aliphatic hydroxyl groups excluding tert-OH is 1. The van der Waals surface area contributed by atoms with Gasteiger partial charge in [0, 0.05) is 31.6 Å². The summed E-state index contributed by atoms with van der Waals surface area (Å²) >= 11 is 12.0. The Balaban J connectivity index is 1.73. The average molecular weight is 566 g/mol. The molecule has 9 nitrogen and oxygen atoms in total. The van der Waals surface area contributed by atoms with Crippen LogP contribution < -0.4 is 15.6 Å². The molecule has 2 aromatic carbocycles. The van der Waals surface area contributed by atoms with Gasteiger partial charge in [-0.1, -0.05) is 29.3 Å². The molecule has 11 heteroatoms. The highest BCUT2D eigenvalue weighted by molar-refractivity contribution is 6.42. The van der Waals surface area contributed by atoms with Gasteiger partial charge in [0.2, 0.25) is 5.90 Å². The van der Waals surface area contributed by atoms with Crippen LogP contribution in [-0.2, 0) is 25.6 Å².